The molecule has 0 unspecified atom stereocenters. The van der Waals surface area contributed by atoms with Gasteiger partial charge in [0.2, 0.25) is 0 Å². The molecule has 0 aliphatic carbocycles. The van der Waals surface area contributed by atoms with Gasteiger partial charge in [0, 0.05) is 13.0 Å². The monoisotopic (exact) mass is 450 g/mol. The predicted molar refractivity (Wildman–Crippen MR) is 128 cm³/mol. The second kappa shape index (κ2) is 11.5. The third kappa shape index (κ3) is 6.42. The van der Waals surface area contributed by atoms with Crippen LogP contribution in [-0.4, -0.2) is 29.6 Å². The van der Waals surface area contributed by atoms with Crippen molar-refractivity contribution in [1.82, 2.24) is 10.6 Å². The maximum atomic E-state index is 12.5. The Labute approximate surface area is 193 Å². The van der Waals surface area contributed by atoms with Crippen molar-refractivity contribution in [2.45, 2.75) is 32.4 Å². The van der Waals surface area contributed by atoms with Gasteiger partial charge in [0.05, 0.1) is 10.6 Å². The van der Waals surface area contributed by atoms with Crippen LogP contribution in [0.1, 0.15) is 34.8 Å². The average molecular weight is 451 g/mol. The fourth-order valence-corrected chi connectivity index (χ4v) is 3.60. The second-order valence-corrected chi connectivity index (χ2v) is 8.03. The SMILES string of the molecule is CCCNCc1ccc(-c2ccc(C[C@H](NC(=O)c3ccccc3Cl)C(=O)O)cc2)cc1. The van der Waals surface area contributed by atoms with E-state index in [0.29, 0.717) is 0 Å². The molecule has 3 N–H and O–H groups in total. The van der Waals surface area contributed by atoms with Gasteiger partial charge in [0.1, 0.15) is 6.04 Å². The Hall–Kier alpha value is -3.15. The molecular weight excluding hydrogens is 424 g/mol. The van der Waals surface area contributed by atoms with Crippen LogP contribution in [-0.2, 0) is 17.8 Å². The van der Waals surface area contributed by atoms with E-state index in [2.05, 4.69) is 41.8 Å². The summed E-state index contributed by atoms with van der Waals surface area (Å²) >= 11 is 6.05. The van der Waals surface area contributed by atoms with Gasteiger partial charge in [-0.25, -0.2) is 4.79 Å². The fourth-order valence-electron chi connectivity index (χ4n) is 3.37. The van der Waals surface area contributed by atoms with E-state index in [0.717, 1.165) is 36.2 Å². The van der Waals surface area contributed by atoms with Crippen molar-refractivity contribution in [2.24, 2.45) is 0 Å². The summed E-state index contributed by atoms with van der Waals surface area (Å²) in [7, 11) is 0. The predicted octanol–water partition coefficient (Wildman–Crippen LogP) is 4.93. The Morgan fingerprint density at radius 3 is 2.06 bits per heavy atom. The molecule has 0 bridgehead atoms. The van der Waals surface area contributed by atoms with Crippen LogP contribution in [0.15, 0.2) is 72.8 Å². The van der Waals surface area contributed by atoms with Gasteiger partial charge in [0.15, 0.2) is 0 Å². The number of halogens is 1. The number of rotatable bonds is 10. The Balaban J connectivity index is 1.64. The molecule has 166 valence electrons. The van der Waals surface area contributed by atoms with Crippen LogP contribution in [0.25, 0.3) is 11.1 Å². The average Bonchev–Trinajstić information content (AvgIpc) is 2.80. The van der Waals surface area contributed by atoms with Crippen molar-refractivity contribution in [3.63, 3.8) is 0 Å². The minimum absolute atomic E-state index is 0.174. The molecular formula is C26H27ClN2O3. The van der Waals surface area contributed by atoms with Crippen LogP contribution in [0, 0.1) is 0 Å². The van der Waals surface area contributed by atoms with E-state index in [9.17, 15) is 14.7 Å². The van der Waals surface area contributed by atoms with Gasteiger partial charge in [-0.15, -0.1) is 0 Å². The maximum Gasteiger partial charge on any atom is 0.326 e. The smallest absolute Gasteiger partial charge is 0.326 e. The number of hydrogen-bond donors (Lipinski definition) is 3. The largest absolute Gasteiger partial charge is 0.480 e. The lowest BCUT2D eigenvalue weighted by Crippen LogP contribution is -2.42. The highest BCUT2D eigenvalue weighted by Crippen LogP contribution is 2.21. The van der Waals surface area contributed by atoms with Gasteiger partial charge >= 0.3 is 5.97 Å². The summed E-state index contributed by atoms with van der Waals surface area (Å²) in [6, 6.07) is 21.6. The summed E-state index contributed by atoms with van der Waals surface area (Å²) in [5.74, 6) is -1.60. The zero-order valence-corrected chi connectivity index (χ0v) is 18.7. The van der Waals surface area contributed by atoms with Gasteiger partial charge in [-0.2, -0.15) is 0 Å². The molecule has 32 heavy (non-hydrogen) atoms. The van der Waals surface area contributed by atoms with E-state index in [1.165, 1.54) is 5.56 Å². The highest BCUT2D eigenvalue weighted by Gasteiger charge is 2.22. The fraction of sp³-hybridized carbons (Fsp3) is 0.231. The summed E-state index contributed by atoms with van der Waals surface area (Å²) < 4.78 is 0. The number of nitrogens with one attached hydrogen (secondary N) is 2. The third-order valence-corrected chi connectivity index (χ3v) is 5.49. The minimum atomic E-state index is -1.10. The highest BCUT2D eigenvalue weighted by atomic mass is 35.5. The minimum Gasteiger partial charge on any atom is -0.480 e. The molecule has 5 nitrogen and oxygen atoms in total. The molecule has 0 radical (unpaired) electrons. The molecule has 0 fully saturated rings. The van der Waals surface area contributed by atoms with E-state index in [4.69, 9.17) is 11.6 Å². The molecule has 0 spiro atoms. The lowest BCUT2D eigenvalue weighted by Gasteiger charge is -2.15. The first kappa shape index (κ1) is 23.5. The van der Waals surface area contributed by atoms with Gasteiger partial charge in [-0.1, -0.05) is 79.2 Å². The number of carbonyl (C=O) groups excluding carboxylic acids is 1. The summed E-state index contributed by atoms with van der Waals surface area (Å²) in [5.41, 5.74) is 4.45. The molecule has 0 aromatic heterocycles. The number of carboxylic acids is 1. The molecule has 1 atom stereocenters. The maximum absolute atomic E-state index is 12.5. The number of benzene rings is 3. The van der Waals surface area contributed by atoms with E-state index in [1.807, 2.05) is 24.3 Å². The summed E-state index contributed by atoms with van der Waals surface area (Å²) in [6.45, 7) is 3.99. The van der Waals surface area contributed by atoms with Crippen LogP contribution in [0.2, 0.25) is 5.02 Å². The van der Waals surface area contributed by atoms with Gasteiger partial charge in [-0.3, -0.25) is 4.79 Å². The van der Waals surface area contributed by atoms with Crippen LogP contribution in [0.5, 0.6) is 0 Å². The Morgan fingerprint density at radius 1 is 0.906 bits per heavy atom. The van der Waals surface area contributed by atoms with Crippen molar-refractivity contribution < 1.29 is 14.7 Å². The summed E-state index contributed by atoms with van der Waals surface area (Å²) in [6.07, 6.45) is 1.28. The standard InChI is InChI=1S/C26H27ClN2O3/c1-2-15-28-17-19-9-13-21(14-10-19)20-11-7-18(8-12-20)16-24(26(31)32)29-25(30)22-5-3-4-6-23(22)27/h3-14,24,28H,2,15-17H2,1H3,(H,29,30)(H,31,32)/t24-/m0/s1. The second-order valence-electron chi connectivity index (χ2n) is 7.62. The molecule has 1 amide bonds. The van der Waals surface area contributed by atoms with Crippen LogP contribution in [0.4, 0.5) is 0 Å². The first-order valence-corrected chi connectivity index (χ1v) is 11.0. The van der Waals surface area contributed by atoms with Crippen molar-refractivity contribution in [1.29, 1.82) is 0 Å². The van der Waals surface area contributed by atoms with E-state index in [1.54, 1.807) is 24.3 Å². The van der Waals surface area contributed by atoms with Gasteiger partial charge in [0.25, 0.3) is 5.91 Å². The Morgan fingerprint density at radius 2 is 1.50 bits per heavy atom. The summed E-state index contributed by atoms with van der Waals surface area (Å²) in [4.78, 5) is 24.2. The zero-order chi connectivity index (χ0) is 22.9. The van der Waals surface area contributed by atoms with E-state index in [-0.39, 0.29) is 17.0 Å². The van der Waals surface area contributed by atoms with Crippen LogP contribution in [0.3, 0.4) is 0 Å². The number of hydrogen-bond acceptors (Lipinski definition) is 3. The zero-order valence-electron chi connectivity index (χ0n) is 18.0. The molecule has 0 saturated heterocycles. The molecule has 0 aliphatic rings. The Bertz CT molecular complexity index is 1050. The van der Waals surface area contributed by atoms with Crippen molar-refractivity contribution >= 4 is 23.5 Å². The normalized spacial score (nSPS) is 11.7. The first-order valence-electron chi connectivity index (χ1n) is 10.6. The molecule has 6 heteroatoms. The third-order valence-electron chi connectivity index (χ3n) is 5.16. The number of aliphatic carboxylic acids is 1. The van der Waals surface area contributed by atoms with Crippen LogP contribution < -0.4 is 10.6 Å². The molecule has 3 aromatic rings. The van der Waals surface area contributed by atoms with E-state index >= 15 is 0 Å². The topological polar surface area (TPSA) is 78.4 Å². The van der Waals surface area contributed by atoms with Crippen LogP contribution >= 0.6 is 11.6 Å². The van der Waals surface area contributed by atoms with Gasteiger partial charge < -0.3 is 15.7 Å². The van der Waals surface area contributed by atoms with E-state index < -0.39 is 17.9 Å². The van der Waals surface area contributed by atoms with Gasteiger partial charge in [-0.05, 0) is 47.4 Å². The highest BCUT2D eigenvalue weighted by molar-refractivity contribution is 6.33. The van der Waals surface area contributed by atoms with Crippen molar-refractivity contribution in [3.8, 4) is 11.1 Å². The summed E-state index contributed by atoms with van der Waals surface area (Å²) in [5, 5.41) is 15.8. The quantitative estimate of drug-likeness (QED) is 0.382. The Kier molecular flexibility index (Phi) is 8.42. The number of amides is 1. The molecule has 3 rings (SSSR count). The molecule has 3 aromatic carbocycles. The molecule has 0 heterocycles. The number of carboxylic acid groups (broad SMARTS) is 1. The lowest BCUT2D eigenvalue weighted by molar-refractivity contribution is -0.139. The first-order chi connectivity index (χ1) is 15.5. The molecule has 0 saturated carbocycles. The lowest BCUT2D eigenvalue weighted by atomic mass is 9.99. The number of carbonyl (C=O) groups is 2. The van der Waals surface area contributed by atoms with Crippen molar-refractivity contribution in [3.05, 3.63) is 94.5 Å². The molecule has 0 aliphatic heterocycles. The van der Waals surface area contributed by atoms with Crippen molar-refractivity contribution in [2.75, 3.05) is 6.54 Å².